The predicted octanol–water partition coefficient (Wildman–Crippen LogP) is 4.60. The summed E-state index contributed by atoms with van der Waals surface area (Å²) in [5.41, 5.74) is 0.609. The molecule has 0 aromatic heterocycles. The first kappa shape index (κ1) is 24.1. The van der Waals surface area contributed by atoms with Crippen molar-refractivity contribution < 1.29 is 32.8 Å². The molecule has 2 N–H and O–H groups in total. The van der Waals surface area contributed by atoms with Crippen molar-refractivity contribution in [2.45, 2.75) is 13.2 Å². The van der Waals surface area contributed by atoms with Crippen LogP contribution < -0.4 is 15.4 Å². The Morgan fingerprint density at radius 3 is 2.38 bits per heavy atom. The van der Waals surface area contributed by atoms with E-state index >= 15 is 0 Å². The van der Waals surface area contributed by atoms with E-state index in [9.17, 15) is 28.5 Å². The maximum atomic E-state index is 12.5. The highest BCUT2D eigenvalue weighted by Gasteiger charge is 2.19. The van der Waals surface area contributed by atoms with E-state index in [2.05, 4.69) is 15.4 Å². The van der Waals surface area contributed by atoms with Gasteiger partial charge < -0.3 is 20.1 Å². The van der Waals surface area contributed by atoms with Crippen molar-refractivity contribution in [2.75, 3.05) is 17.2 Å². The number of halogens is 2. The van der Waals surface area contributed by atoms with Gasteiger partial charge in [0.15, 0.2) is 6.61 Å². The second-order valence-electron chi connectivity index (χ2n) is 6.83. The zero-order chi connectivity index (χ0) is 24.5. The molecule has 0 unspecified atom stereocenters. The van der Waals surface area contributed by atoms with Crippen molar-refractivity contribution in [3.63, 3.8) is 0 Å². The van der Waals surface area contributed by atoms with Crippen molar-refractivity contribution in [1.29, 1.82) is 0 Å². The van der Waals surface area contributed by atoms with Crippen molar-refractivity contribution in [1.82, 2.24) is 0 Å². The molecule has 0 radical (unpaired) electrons. The third-order valence-electron chi connectivity index (χ3n) is 4.47. The standard InChI is InChI=1S/C23H19F2N3O6/c24-23(25)34-20-9-5-4-8-18(20)27-21(29)14-33-22(30)16-10-11-17(19(12-16)28(31)32)26-13-15-6-2-1-3-7-15/h1-12,23,26H,13-14H2,(H,27,29). The van der Waals surface area contributed by atoms with Crippen LogP contribution in [0.25, 0.3) is 0 Å². The molecule has 11 heteroatoms. The molecule has 0 heterocycles. The molecular formula is C23H19F2N3O6. The van der Waals surface area contributed by atoms with E-state index in [1.165, 1.54) is 36.4 Å². The van der Waals surface area contributed by atoms with Crippen molar-refractivity contribution in [3.05, 3.63) is 94.0 Å². The molecule has 0 aliphatic carbocycles. The molecule has 0 fully saturated rings. The van der Waals surface area contributed by atoms with Gasteiger partial charge in [0.1, 0.15) is 11.4 Å². The summed E-state index contributed by atoms with van der Waals surface area (Å²) < 4.78 is 34.2. The largest absolute Gasteiger partial charge is 0.452 e. The van der Waals surface area contributed by atoms with E-state index in [1.807, 2.05) is 30.3 Å². The number of nitrogens with zero attached hydrogens (tertiary/aromatic N) is 1. The zero-order valence-electron chi connectivity index (χ0n) is 17.6. The van der Waals surface area contributed by atoms with Gasteiger partial charge in [-0.3, -0.25) is 14.9 Å². The Hall–Kier alpha value is -4.54. The molecule has 0 aliphatic rings. The average Bonchev–Trinajstić information content (AvgIpc) is 2.82. The lowest BCUT2D eigenvalue weighted by Gasteiger charge is -2.12. The third kappa shape index (κ3) is 6.73. The Kier molecular flexibility index (Phi) is 8.06. The number of esters is 1. The number of nitrogens with one attached hydrogen (secondary N) is 2. The minimum atomic E-state index is -3.09. The Bertz CT molecular complexity index is 1170. The van der Waals surface area contributed by atoms with E-state index in [4.69, 9.17) is 4.74 Å². The summed E-state index contributed by atoms with van der Waals surface area (Å²) in [6, 6.07) is 18.5. The van der Waals surface area contributed by atoms with Crippen molar-refractivity contribution in [2.24, 2.45) is 0 Å². The summed E-state index contributed by atoms with van der Waals surface area (Å²) in [7, 11) is 0. The zero-order valence-corrected chi connectivity index (χ0v) is 17.6. The summed E-state index contributed by atoms with van der Waals surface area (Å²) in [4.78, 5) is 35.2. The van der Waals surface area contributed by atoms with Crippen molar-refractivity contribution in [3.8, 4) is 5.75 Å². The van der Waals surface area contributed by atoms with Crippen LogP contribution in [0.2, 0.25) is 0 Å². The monoisotopic (exact) mass is 471 g/mol. The lowest BCUT2D eigenvalue weighted by Crippen LogP contribution is -2.21. The number of hydrogen-bond acceptors (Lipinski definition) is 7. The smallest absolute Gasteiger partial charge is 0.387 e. The van der Waals surface area contributed by atoms with Crippen LogP contribution >= 0.6 is 0 Å². The Morgan fingerprint density at radius 1 is 0.971 bits per heavy atom. The van der Waals surface area contributed by atoms with Gasteiger partial charge in [-0.25, -0.2) is 4.79 Å². The number of para-hydroxylation sites is 2. The average molecular weight is 471 g/mol. The molecule has 0 spiro atoms. The van der Waals surface area contributed by atoms with Gasteiger partial charge in [-0.05, 0) is 29.8 Å². The molecular weight excluding hydrogens is 452 g/mol. The highest BCUT2D eigenvalue weighted by molar-refractivity contribution is 5.96. The first-order valence-electron chi connectivity index (χ1n) is 9.90. The molecule has 176 valence electrons. The molecule has 3 aromatic rings. The van der Waals surface area contributed by atoms with Gasteiger partial charge in [0.25, 0.3) is 11.6 Å². The molecule has 1 amide bonds. The fourth-order valence-electron chi connectivity index (χ4n) is 2.92. The Labute approximate surface area is 192 Å². The first-order valence-corrected chi connectivity index (χ1v) is 9.90. The number of benzene rings is 3. The van der Waals surface area contributed by atoms with Crippen LogP contribution in [0.1, 0.15) is 15.9 Å². The van der Waals surface area contributed by atoms with E-state index in [1.54, 1.807) is 0 Å². The Balaban J connectivity index is 1.62. The van der Waals surface area contributed by atoms with E-state index < -0.39 is 30.0 Å². The summed E-state index contributed by atoms with van der Waals surface area (Å²) in [6.07, 6.45) is 0. The van der Waals surface area contributed by atoms with Gasteiger partial charge in [0.2, 0.25) is 0 Å². The minimum Gasteiger partial charge on any atom is -0.452 e. The lowest BCUT2D eigenvalue weighted by molar-refractivity contribution is -0.384. The van der Waals surface area contributed by atoms with Crippen LogP contribution in [0, 0.1) is 10.1 Å². The van der Waals surface area contributed by atoms with Gasteiger partial charge in [-0.1, -0.05) is 42.5 Å². The molecule has 3 aromatic carbocycles. The fourth-order valence-corrected chi connectivity index (χ4v) is 2.92. The number of hydrogen-bond donors (Lipinski definition) is 2. The van der Waals surface area contributed by atoms with Crippen LogP contribution in [0.5, 0.6) is 5.75 Å². The van der Waals surface area contributed by atoms with E-state index in [-0.39, 0.29) is 28.4 Å². The number of nitro groups is 1. The molecule has 0 bridgehead atoms. The molecule has 34 heavy (non-hydrogen) atoms. The number of ether oxygens (including phenoxy) is 2. The van der Waals surface area contributed by atoms with Gasteiger partial charge in [0, 0.05) is 12.6 Å². The first-order chi connectivity index (χ1) is 16.3. The molecule has 0 saturated carbocycles. The number of carbonyl (C=O) groups is 2. The number of rotatable bonds is 10. The maximum Gasteiger partial charge on any atom is 0.387 e. The second-order valence-corrected chi connectivity index (χ2v) is 6.83. The van der Waals surface area contributed by atoms with Crippen LogP contribution in [0.15, 0.2) is 72.8 Å². The molecule has 0 atom stereocenters. The predicted molar refractivity (Wildman–Crippen MR) is 119 cm³/mol. The number of anilines is 2. The van der Waals surface area contributed by atoms with Crippen LogP contribution in [0.3, 0.4) is 0 Å². The number of carbonyl (C=O) groups excluding carboxylic acids is 2. The van der Waals surface area contributed by atoms with Crippen LogP contribution in [0.4, 0.5) is 25.8 Å². The van der Waals surface area contributed by atoms with Gasteiger partial charge in [-0.2, -0.15) is 8.78 Å². The lowest BCUT2D eigenvalue weighted by atomic mass is 10.1. The van der Waals surface area contributed by atoms with Crippen LogP contribution in [-0.4, -0.2) is 30.0 Å². The number of amides is 1. The Morgan fingerprint density at radius 2 is 1.68 bits per heavy atom. The van der Waals surface area contributed by atoms with Gasteiger partial charge in [-0.15, -0.1) is 0 Å². The van der Waals surface area contributed by atoms with E-state index in [0.29, 0.717) is 6.54 Å². The molecule has 0 aliphatic heterocycles. The normalized spacial score (nSPS) is 10.4. The highest BCUT2D eigenvalue weighted by Crippen LogP contribution is 2.27. The number of alkyl halides is 2. The topological polar surface area (TPSA) is 120 Å². The van der Waals surface area contributed by atoms with Crippen molar-refractivity contribution >= 4 is 28.9 Å². The fraction of sp³-hybridized carbons (Fsp3) is 0.130. The quantitative estimate of drug-likeness (QED) is 0.252. The minimum absolute atomic E-state index is 0.0340. The molecule has 9 nitrogen and oxygen atoms in total. The molecule has 3 rings (SSSR count). The van der Waals surface area contributed by atoms with E-state index in [0.717, 1.165) is 11.6 Å². The number of nitro benzene ring substituents is 1. The summed E-state index contributed by atoms with van der Waals surface area (Å²) in [5, 5.41) is 16.7. The SMILES string of the molecule is O=C(COC(=O)c1ccc(NCc2ccccc2)c([N+](=O)[O-])c1)Nc1ccccc1OC(F)F. The van der Waals surface area contributed by atoms with Crippen LogP contribution in [-0.2, 0) is 16.1 Å². The third-order valence-corrected chi connectivity index (χ3v) is 4.47. The summed E-state index contributed by atoms with van der Waals surface area (Å²) in [6.45, 7) is -3.50. The highest BCUT2D eigenvalue weighted by atomic mass is 19.3. The molecule has 0 saturated heterocycles. The van der Waals surface area contributed by atoms with Gasteiger partial charge in [0.05, 0.1) is 16.2 Å². The maximum absolute atomic E-state index is 12.5. The second kappa shape index (κ2) is 11.4. The van der Waals surface area contributed by atoms with Gasteiger partial charge >= 0.3 is 12.6 Å². The summed E-state index contributed by atoms with van der Waals surface area (Å²) in [5.74, 6) is -2.04. The summed E-state index contributed by atoms with van der Waals surface area (Å²) >= 11 is 0.